The lowest BCUT2D eigenvalue weighted by Gasteiger charge is -2.29. The van der Waals surface area contributed by atoms with Crippen LogP contribution >= 0.6 is 0 Å². The van der Waals surface area contributed by atoms with Crippen molar-refractivity contribution in [1.82, 2.24) is 4.90 Å². The van der Waals surface area contributed by atoms with Gasteiger partial charge in [-0.1, -0.05) is 18.2 Å². The van der Waals surface area contributed by atoms with Crippen molar-refractivity contribution in [2.45, 2.75) is 39.0 Å². The number of hydrogen-bond donors (Lipinski definition) is 1. The number of nitrogens with zero attached hydrogens (tertiary/aromatic N) is 1. The third-order valence-electron chi connectivity index (χ3n) is 4.44. The minimum absolute atomic E-state index is 0.0133. The lowest BCUT2D eigenvalue weighted by Crippen LogP contribution is -2.47. The fourth-order valence-electron chi connectivity index (χ4n) is 3.02. The number of rotatable bonds is 1. The van der Waals surface area contributed by atoms with E-state index < -0.39 is 6.04 Å². The molecule has 0 spiro atoms. The van der Waals surface area contributed by atoms with E-state index in [9.17, 15) is 9.59 Å². The molecule has 1 fully saturated rings. The molecule has 0 bridgehead atoms. The number of benzene rings is 1. The molecule has 0 aromatic heterocycles. The lowest BCUT2D eigenvalue weighted by molar-refractivity contribution is -0.143. The Morgan fingerprint density at radius 2 is 2.10 bits per heavy atom. The van der Waals surface area contributed by atoms with E-state index in [2.05, 4.69) is 5.32 Å². The Balaban J connectivity index is 1.90. The Labute approximate surface area is 124 Å². The van der Waals surface area contributed by atoms with Crippen LogP contribution in [0.4, 0.5) is 5.69 Å². The zero-order valence-electron chi connectivity index (χ0n) is 12.3. The number of carbonyl (C=O) groups excluding carboxylic acids is 2. The topological polar surface area (TPSA) is 58.6 Å². The zero-order valence-corrected chi connectivity index (χ0v) is 12.3. The van der Waals surface area contributed by atoms with E-state index in [-0.39, 0.29) is 23.8 Å². The number of fused-ring (bicyclic) bond motifs is 1. The van der Waals surface area contributed by atoms with Crippen molar-refractivity contribution in [2.24, 2.45) is 5.92 Å². The van der Waals surface area contributed by atoms with E-state index in [0.717, 1.165) is 17.7 Å². The van der Waals surface area contributed by atoms with Crippen molar-refractivity contribution >= 4 is 17.5 Å². The van der Waals surface area contributed by atoms with Crippen LogP contribution in [-0.4, -0.2) is 35.5 Å². The molecule has 0 radical (unpaired) electrons. The molecule has 112 valence electrons. The molecule has 2 heterocycles. The van der Waals surface area contributed by atoms with Gasteiger partial charge in [-0.05, 0) is 31.9 Å². The van der Waals surface area contributed by atoms with Crippen molar-refractivity contribution in [3.8, 4) is 0 Å². The molecular formula is C16H20N2O3. The summed E-state index contributed by atoms with van der Waals surface area (Å²) in [5.74, 6) is -0.273. The minimum Gasteiger partial charge on any atom is -0.378 e. The van der Waals surface area contributed by atoms with Crippen molar-refractivity contribution in [1.29, 1.82) is 0 Å². The lowest BCUT2D eigenvalue weighted by atomic mass is 9.99. The van der Waals surface area contributed by atoms with Gasteiger partial charge in [0.1, 0.15) is 6.04 Å². The van der Waals surface area contributed by atoms with Gasteiger partial charge in [0, 0.05) is 18.8 Å². The van der Waals surface area contributed by atoms with Crippen molar-refractivity contribution in [2.75, 3.05) is 11.9 Å². The average Bonchev–Trinajstić information content (AvgIpc) is 2.85. The molecule has 1 saturated heterocycles. The van der Waals surface area contributed by atoms with Crippen molar-refractivity contribution < 1.29 is 14.3 Å². The third kappa shape index (κ3) is 2.53. The van der Waals surface area contributed by atoms with Crippen molar-refractivity contribution in [3.63, 3.8) is 0 Å². The maximum atomic E-state index is 12.8. The largest absolute Gasteiger partial charge is 0.378 e. The molecule has 3 rings (SSSR count). The summed E-state index contributed by atoms with van der Waals surface area (Å²) in [4.78, 5) is 26.7. The molecule has 5 nitrogen and oxygen atoms in total. The number of amides is 2. The first-order valence-corrected chi connectivity index (χ1v) is 7.39. The molecule has 2 amide bonds. The molecular weight excluding hydrogens is 268 g/mol. The van der Waals surface area contributed by atoms with Crippen LogP contribution in [0.1, 0.15) is 25.8 Å². The average molecular weight is 288 g/mol. The smallest absolute Gasteiger partial charge is 0.246 e. The summed E-state index contributed by atoms with van der Waals surface area (Å²) in [6.45, 7) is 4.77. The van der Waals surface area contributed by atoms with Crippen LogP contribution in [0.15, 0.2) is 24.3 Å². The number of anilines is 1. The van der Waals surface area contributed by atoms with E-state index in [1.165, 1.54) is 0 Å². The molecule has 3 unspecified atom stereocenters. The highest BCUT2D eigenvalue weighted by molar-refractivity contribution is 5.98. The van der Waals surface area contributed by atoms with Gasteiger partial charge in [-0.25, -0.2) is 0 Å². The second-order valence-electron chi connectivity index (χ2n) is 5.76. The van der Waals surface area contributed by atoms with E-state index in [1.54, 1.807) is 11.8 Å². The van der Waals surface area contributed by atoms with Gasteiger partial charge in [-0.3, -0.25) is 9.59 Å². The highest BCUT2D eigenvalue weighted by Crippen LogP contribution is 2.28. The molecule has 5 heteroatoms. The maximum absolute atomic E-state index is 12.8. The summed E-state index contributed by atoms with van der Waals surface area (Å²) in [5, 5.41) is 2.89. The summed E-state index contributed by atoms with van der Waals surface area (Å²) in [7, 11) is 0. The first kappa shape index (κ1) is 14.1. The summed E-state index contributed by atoms with van der Waals surface area (Å²) in [5.41, 5.74) is 1.76. The van der Waals surface area contributed by atoms with E-state index in [1.807, 2.05) is 31.2 Å². The molecule has 1 aromatic rings. The van der Waals surface area contributed by atoms with Crippen LogP contribution < -0.4 is 5.32 Å². The van der Waals surface area contributed by atoms with Gasteiger partial charge >= 0.3 is 0 Å². The van der Waals surface area contributed by atoms with Gasteiger partial charge in [0.15, 0.2) is 0 Å². The second-order valence-corrected chi connectivity index (χ2v) is 5.76. The normalized spacial score (nSPS) is 28.8. The number of hydrogen-bond acceptors (Lipinski definition) is 3. The number of carbonyl (C=O) groups is 2. The van der Waals surface area contributed by atoms with Crippen LogP contribution in [0, 0.1) is 5.92 Å². The molecule has 1 aromatic carbocycles. The number of para-hydroxylation sites is 1. The summed E-state index contributed by atoms with van der Waals surface area (Å²) < 4.78 is 5.49. The monoisotopic (exact) mass is 288 g/mol. The predicted octanol–water partition coefficient (Wildman–Crippen LogP) is 1.78. The molecule has 3 atom stereocenters. The van der Waals surface area contributed by atoms with Crippen LogP contribution in [0.2, 0.25) is 0 Å². The van der Waals surface area contributed by atoms with Gasteiger partial charge < -0.3 is 15.0 Å². The Kier molecular flexibility index (Phi) is 3.68. The minimum atomic E-state index is -0.474. The summed E-state index contributed by atoms with van der Waals surface area (Å²) in [6.07, 6.45) is 0.651. The molecule has 0 aliphatic carbocycles. The molecule has 21 heavy (non-hydrogen) atoms. The number of nitrogens with one attached hydrogen (secondary N) is 1. The SMILES string of the molecule is CC1OCCC1C(=O)N1Cc2ccccc2NC(=O)C1C. The van der Waals surface area contributed by atoms with Crippen LogP contribution in [0.5, 0.6) is 0 Å². The Bertz CT molecular complexity index is 572. The summed E-state index contributed by atoms with van der Waals surface area (Å²) in [6, 6.07) is 7.15. The second kappa shape index (κ2) is 5.48. The van der Waals surface area contributed by atoms with Crippen LogP contribution in [-0.2, 0) is 20.9 Å². The number of ether oxygens (including phenoxy) is 1. The van der Waals surface area contributed by atoms with Crippen LogP contribution in [0.25, 0.3) is 0 Å². The fourth-order valence-corrected chi connectivity index (χ4v) is 3.02. The van der Waals surface area contributed by atoms with Gasteiger partial charge in [-0.2, -0.15) is 0 Å². The standard InChI is InChI=1S/C16H20N2O3/c1-10-15(19)17-14-6-4-3-5-12(14)9-18(10)16(20)13-7-8-21-11(13)2/h3-6,10-11,13H,7-9H2,1-2H3,(H,17,19). The fraction of sp³-hybridized carbons (Fsp3) is 0.500. The highest BCUT2D eigenvalue weighted by Gasteiger charge is 2.38. The predicted molar refractivity (Wildman–Crippen MR) is 78.6 cm³/mol. The van der Waals surface area contributed by atoms with E-state index >= 15 is 0 Å². The molecule has 1 N–H and O–H groups in total. The Hall–Kier alpha value is -1.88. The van der Waals surface area contributed by atoms with E-state index in [4.69, 9.17) is 4.74 Å². The quantitative estimate of drug-likeness (QED) is 0.857. The van der Waals surface area contributed by atoms with Gasteiger partial charge in [-0.15, -0.1) is 0 Å². The van der Waals surface area contributed by atoms with Crippen molar-refractivity contribution in [3.05, 3.63) is 29.8 Å². The highest BCUT2D eigenvalue weighted by atomic mass is 16.5. The molecule has 2 aliphatic heterocycles. The van der Waals surface area contributed by atoms with Gasteiger partial charge in [0.05, 0.1) is 12.0 Å². The first-order valence-electron chi connectivity index (χ1n) is 7.39. The summed E-state index contributed by atoms with van der Waals surface area (Å²) >= 11 is 0. The first-order chi connectivity index (χ1) is 10.1. The van der Waals surface area contributed by atoms with Crippen LogP contribution in [0.3, 0.4) is 0 Å². The third-order valence-corrected chi connectivity index (χ3v) is 4.44. The Morgan fingerprint density at radius 3 is 2.81 bits per heavy atom. The molecule has 2 aliphatic rings. The van der Waals surface area contributed by atoms with Gasteiger partial charge in [0.25, 0.3) is 0 Å². The van der Waals surface area contributed by atoms with Gasteiger partial charge in [0.2, 0.25) is 11.8 Å². The van der Waals surface area contributed by atoms with E-state index in [0.29, 0.717) is 13.2 Å². The maximum Gasteiger partial charge on any atom is 0.246 e. The Morgan fingerprint density at radius 1 is 1.33 bits per heavy atom. The molecule has 0 saturated carbocycles. The zero-order chi connectivity index (χ0) is 15.0.